The van der Waals surface area contributed by atoms with Gasteiger partial charge in [-0.25, -0.2) is 0 Å². The first-order chi connectivity index (χ1) is 9.91. The summed E-state index contributed by atoms with van der Waals surface area (Å²) in [6, 6.07) is 0. The van der Waals surface area contributed by atoms with Crippen LogP contribution in [0.1, 0.15) is 96.8 Å². The summed E-state index contributed by atoms with van der Waals surface area (Å²) in [5.41, 5.74) is 5.46. The van der Waals surface area contributed by atoms with Gasteiger partial charge in [0.05, 0.1) is 0 Å². The second-order valence-corrected chi connectivity index (χ2v) is 6.13. The highest BCUT2D eigenvalue weighted by molar-refractivity contribution is 4.52. The maximum Gasteiger partial charge on any atom is -0.00484 e. The van der Waals surface area contributed by atoms with E-state index in [2.05, 4.69) is 12.2 Å². The van der Waals surface area contributed by atoms with E-state index in [1.807, 2.05) is 0 Å². The van der Waals surface area contributed by atoms with E-state index in [4.69, 9.17) is 5.73 Å². The lowest BCUT2D eigenvalue weighted by molar-refractivity contribution is 0.532. The number of hydrogen-bond donors (Lipinski definition) is 2. The van der Waals surface area contributed by atoms with Crippen molar-refractivity contribution in [1.82, 2.24) is 5.32 Å². The van der Waals surface area contributed by atoms with Crippen LogP contribution in [0.25, 0.3) is 0 Å². The van der Waals surface area contributed by atoms with E-state index < -0.39 is 0 Å². The highest BCUT2D eigenvalue weighted by atomic mass is 14.8. The molecule has 0 aliphatic carbocycles. The van der Waals surface area contributed by atoms with Crippen LogP contribution in [0.5, 0.6) is 0 Å². The topological polar surface area (TPSA) is 38.0 Å². The van der Waals surface area contributed by atoms with Gasteiger partial charge in [0.2, 0.25) is 0 Å². The van der Waals surface area contributed by atoms with Crippen LogP contribution < -0.4 is 11.1 Å². The monoisotopic (exact) mass is 284 g/mol. The molecule has 0 fully saturated rings. The zero-order valence-electron chi connectivity index (χ0n) is 14.1. The Bertz CT molecular complexity index is 141. The Morgan fingerprint density at radius 1 is 0.550 bits per heavy atom. The fourth-order valence-electron chi connectivity index (χ4n) is 2.61. The molecule has 0 atom stereocenters. The predicted octanol–water partition coefficient (Wildman–Crippen LogP) is 5.02. The molecule has 122 valence electrons. The smallest absolute Gasteiger partial charge is 0.00484 e. The maximum atomic E-state index is 5.46. The van der Waals surface area contributed by atoms with Gasteiger partial charge in [0.1, 0.15) is 0 Å². The molecular weight excluding hydrogens is 244 g/mol. The van der Waals surface area contributed by atoms with Gasteiger partial charge in [-0.05, 0) is 38.9 Å². The summed E-state index contributed by atoms with van der Waals surface area (Å²) >= 11 is 0. The van der Waals surface area contributed by atoms with E-state index in [0.29, 0.717) is 0 Å². The summed E-state index contributed by atoms with van der Waals surface area (Å²) in [6.45, 7) is 5.47. The van der Waals surface area contributed by atoms with Crippen LogP contribution in [0.4, 0.5) is 0 Å². The van der Waals surface area contributed by atoms with Gasteiger partial charge in [0.25, 0.3) is 0 Å². The molecule has 0 bridgehead atoms. The Morgan fingerprint density at radius 3 is 1.40 bits per heavy atom. The number of rotatable bonds is 17. The van der Waals surface area contributed by atoms with Gasteiger partial charge in [0, 0.05) is 0 Å². The first-order valence-corrected chi connectivity index (χ1v) is 9.32. The molecule has 0 aromatic carbocycles. The molecule has 3 N–H and O–H groups in total. The van der Waals surface area contributed by atoms with Crippen molar-refractivity contribution >= 4 is 0 Å². The highest BCUT2D eigenvalue weighted by Crippen LogP contribution is 2.11. The van der Waals surface area contributed by atoms with Gasteiger partial charge in [-0.3, -0.25) is 0 Å². The van der Waals surface area contributed by atoms with Crippen LogP contribution in [0, 0.1) is 0 Å². The van der Waals surface area contributed by atoms with Crippen molar-refractivity contribution in [2.75, 3.05) is 19.6 Å². The van der Waals surface area contributed by atoms with Crippen molar-refractivity contribution < 1.29 is 0 Å². The lowest BCUT2D eigenvalue weighted by Gasteiger charge is -2.04. The van der Waals surface area contributed by atoms with Crippen molar-refractivity contribution in [3.05, 3.63) is 0 Å². The summed E-state index contributed by atoms with van der Waals surface area (Å²) in [6.07, 6.45) is 19.6. The first-order valence-electron chi connectivity index (χ1n) is 9.32. The average molecular weight is 285 g/mol. The maximum absolute atomic E-state index is 5.46. The van der Waals surface area contributed by atoms with E-state index in [1.54, 1.807) is 0 Å². The van der Waals surface area contributed by atoms with Crippen molar-refractivity contribution in [3.63, 3.8) is 0 Å². The van der Waals surface area contributed by atoms with E-state index in [1.165, 1.54) is 90.0 Å². The molecule has 0 saturated heterocycles. The molecule has 0 saturated carbocycles. The Balaban J connectivity index is 2.89. The average Bonchev–Trinajstić information content (AvgIpc) is 2.47. The van der Waals surface area contributed by atoms with Crippen LogP contribution in [-0.4, -0.2) is 19.6 Å². The third-order valence-corrected chi connectivity index (χ3v) is 4.01. The van der Waals surface area contributed by atoms with Crippen LogP contribution in [0.2, 0.25) is 0 Å². The summed E-state index contributed by atoms with van der Waals surface area (Å²) in [5.74, 6) is 0. The molecule has 0 aliphatic heterocycles. The molecule has 0 amide bonds. The normalized spacial score (nSPS) is 11.1. The van der Waals surface area contributed by atoms with Gasteiger partial charge in [0.15, 0.2) is 0 Å². The zero-order chi connectivity index (χ0) is 14.7. The molecule has 0 spiro atoms. The summed E-state index contributed by atoms with van der Waals surface area (Å²) in [5, 5.41) is 3.50. The quantitative estimate of drug-likeness (QED) is 0.368. The molecule has 0 aromatic rings. The number of unbranched alkanes of at least 4 members (excludes halogenated alkanes) is 12. The zero-order valence-corrected chi connectivity index (χ0v) is 14.1. The molecule has 2 nitrogen and oxygen atoms in total. The van der Waals surface area contributed by atoms with Crippen molar-refractivity contribution in [1.29, 1.82) is 0 Å². The fourth-order valence-corrected chi connectivity index (χ4v) is 2.61. The largest absolute Gasteiger partial charge is 0.330 e. The van der Waals surface area contributed by atoms with Crippen molar-refractivity contribution in [2.45, 2.75) is 96.8 Å². The minimum atomic E-state index is 0.834. The van der Waals surface area contributed by atoms with Gasteiger partial charge in [-0.2, -0.15) is 0 Å². The SMILES string of the molecule is CCCCCCCCCCCCCCNCCCCN. The molecule has 2 heteroatoms. The van der Waals surface area contributed by atoms with E-state index in [9.17, 15) is 0 Å². The lowest BCUT2D eigenvalue weighted by atomic mass is 10.1. The van der Waals surface area contributed by atoms with E-state index in [0.717, 1.165) is 19.5 Å². The Hall–Kier alpha value is -0.0800. The third-order valence-electron chi connectivity index (χ3n) is 4.01. The Labute approximate surface area is 128 Å². The molecule has 0 rings (SSSR count). The highest BCUT2D eigenvalue weighted by Gasteiger charge is 1.93. The lowest BCUT2D eigenvalue weighted by Crippen LogP contribution is -2.17. The van der Waals surface area contributed by atoms with Crippen LogP contribution in [0.15, 0.2) is 0 Å². The molecule has 0 radical (unpaired) electrons. The summed E-state index contributed by atoms with van der Waals surface area (Å²) in [7, 11) is 0. The molecular formula is C18H40N2. The van der Waals surface area contributed by atoms with Crippen molar-refractivity contribution in [3.8, 4) is 0 Å². The van der Waals surface area contributed by atoms with Gasteiger partial charge in [-0.1, -0.05) is 77.6 Å². The van der Waals surface area contributed by atoms with Crippen LogP contribution in [0.3, 0.4) is 0 Å². The molecule has 0 aromatic heterocycles. The minimum Gasteiger partial charge on any atom is -0.330 e. The molecule has 0 unspecified atom stereocenters. The number of nitrogens with two attached hydrogens (primary N) is 1. The number of hydrogen-bond acceptors (Lipinski definition) is 2. The van der Waals surface area contributed by atoms with E-state index in [-0.39, 0.29) is 0 Å². The van der Waals surface area contributed by atoms with E-state index >= 15 is 0 Å². The molecule has 0 heterocycles. The molecule has 20 heavy (non-hydrogen) atoms. The Kier molecular flexibility index (Phi) is 18.8. The van der Waals surface area contributed by atoms with Crippen LogP contribution >= 0.6 is 0 Å². The second kappa shape index (κ2) is 18.9. The third kappa shape index (κ3) is 17.9. The first kappa shape index (κ1) is 19.9. The van der Waals surface area contributed by atoms with Gasteiger partial charge in [-0.15, -0.1) is 0 Å². The predicted molar refractivity (Wildman–Crippen MR) is 92.2 cm³/mol. The Morgan fingerprint density at radius 2 is 0.950 bits per heavy atom. The standard InChI is InChI=1S/C18H40N2/c1-2-3-4-5-6-7-8-9-10-11-12-14-17-20-18-15-13-16-19/h20H,2-19H2,1H3. The van der Waals surface area contributed by atoms with Crippen molar-refractivity contribution in [2.24, 2.45) is 5.73 Å². The van der Waals surface area contributed by atoms with Gasteiger partial charge >= 0.3 is 0 Å². The van der Waals surface area contributed by atoms with Gasteiger partial charge < -0.3 is 11.1 Å². The minimum absolute atomic E-state index is 0.834. The molecule has 0 aliphatic rings. The summed E-state index contributed by atoms with van der Waals surface area (Å²) < 4.78 is 0. The fraction of sp³-hybridized carbons (Fsp3) is 1.00. The number of nitrogens with one attached hydrogen (secondary N) is 1. The van der Waals surface area contributed by atoms with Crippen LogP contribution in [-0.2, 0) is 0 Å². The summed E-state index contributed by atoms with van der Waals surface area (Å²) in [4.78, 5) is 0. The second-order valence-electron chi connectivity index (χ2n) is 6.13.